The maximum atomic E-state index is 14.4. The molecule has 4 nitrogen and oxygen atoms in total. The van der Waals surface area contributed by atoms with E-state index in [4.69, 9.17) is 20.2 Å². The second-order valence-electron chi connectivity index (χ2n) is 4.52. The van der Waals surface area contributed by atoms with Gasteiger partial charge in [0.2, 0.25) is 9.05 Å². The molecule has 0 aliphatic rings. The van der Waals surface area contributed by atoms with Crippen LogP contribution in [-0.2, 0) is 21.4 Å². The number of hydrogen-bond acceptors (Lipinski definition) is 4. The fourth-order valence-electron chi connectivity index (χ4n) is 1.93. The van der Waals surface area contributed by atoms with Crippen LogP contribution in [0, 0.1) is 5.82 Å². The Morgan fingerprint density at radius 3 is 2.32 bits per heavy atom. The Morgan fingerprint density at radius 2 is 1.73 bits per heavy atom. The minimum absolute atomic E-state index is 0.0556. The molecule has 118 valence electrons. The van der Waals surface area contributed by atoms with E-state index in [2.05, 4.69) is 0 Å². The van der Waals surface area contributed by atoms with Gasteiger partial charge in [0.05, 0.1) is 12.9 Å². The minimum atomic E-state index is -3.92. The van der Waals surface area contributed by atoms with E-state index in [1.807, 2.05) is 30.3 Å². The summed E-state index contributed by atoms with van der Waals surface area (Å²) in [5, 5.41) is 0. The maximum absolute atomic E-state index is 14.4. The SMILES string of the molecule is COc1ccc(OCc2ccccc2)c(F)c1CS(=O)(=O)Cl. The predicted octanol–water partition coefficient (Wildman–Crippen LogP) is 3.48. The topological polar surface area (TPSA) is 52.6 Å². The quantitative estimate of drug-likeness (QED) is 0.753. The van der Waals surface area contributed by atoms with Gasteiger partial charge in [0.25, 0.3) is 0 Å². The Hall–Kier alpha value is -1.79. The van der Waals surface area contributed by atoms with Crippen LogP contribution < -0.4 is 9.47 Å². The van der Waals surface area contributed by atoms with Crippen LogP contribution in [0.25, 0.3) is 0 Å². The summed E-state index contributed by atoms with van der Waals surface area (Å²) < 4.78 is 47.2. The van der Waals surface area contributed by atoms with Crippen molar-refractivity contribution < 1.29 is 22.3 Å². The lowest BCUT2D eigenvalue weighted by Crippen LogP contribution is -2.05. The van der Waals surface area contributed by atoms with Crippen molar-refractivity contribution in [1.82, 2.24) is 0 Å². The highest BCUT2D eigenvalue weighted by Crippen LogP contribution is 2.31. The van der Waals surface area contributed by atoms with Crippen molar-refractivity contribution in [3.63, 3.8) is 0 Å². The normalized spacial score (nSPS) is 11.2. The van der Waals surface area contributed by atoms with E-state index in [-0.39, 0.29) is 23.7 Å². The fraction of sp³-hybridized carbons (Fsp3) is 0.200. The molecule has 2 aromatic rings. The molecule has 0 N–H and O–H groups in total. The molecule has 0 amide bonds. The van der Waals surface area contributed by atoms with Gasteiger partial charge in [-0.05, 0) is 17.7 Å². The van der Waals surface area contributed by atoms with Gasteiger partial charge in [-0.25, -0.2) is 12.8 Å². The van der Waals surface area contributed by atoms with Gasteiger partial charge in [-0.1, -0.05) is 30.3 Å². The number of rotatable bonds is 6. The first-order valence-electron chi connectivity index (χ1n) is 6.35. The number of benzene rings is 2. The van der Waals surface area contributed by atoms with Crippen LogP contribution in [0.4, 0.5) is 4.39 Å². The lowest BCUT2D eigenvalue weighted by Gasteiger charge is -2.13. The summed E-state index contributed by atoms with van der Waals surface area (Å²) in [5.41, 5.74) is 0.715. The molecule has 22 heavy (non-hydrogen) atoms. The first-order chi connectivity index (χ1) is 10.4. The molecule has 0 saturated carbocycles. The first kappa shape index (κ1) is 16.6. The molecule has 0 aliphatic carbocycles. The van der Waals surface area contributed by atoms with Gasteiger partial charge in [0, 0.05) is 16.2 Å². The lowest BCUT2D eigenvalue weighted by molar-refractivity contribution is 0.288. The van der Waals surface area contributed by atoms with Gasteiger partial charge in [-0.15, -0.1) is 0 Å². The van der Waals surface area contributed by atoms with Crippen molar-refractivity contribution in [2.24, 2.45) is 0 Å². The van der Waals surface area contributed by atoms with Crippen LogP contribution >= 0.6 is 10.7 Å². The molecule has 0 bridgehead atoms. The average molecular weight is 345 g/mol. The molecule has 0 aromatic heterocycles. The van der Waals surface area contributed by atoms with Crippen molar-refractivity contribution in [3.8, 4) is 11.5 Å². The smallest absolute Gasteiger partial charge is 0.237 e. The van der Waals surface area contributed by atoms with E-state index in [0.717, 1.165) is 5.56 Å². The molecule has 7 heteroatoms. The van der Waals surface area contributed by atoms with Crippen molar-refractivity contribution >= 4 is 19.7 Å². The Bertz CT molecular complexity index is 748. The number of ether oxygens (including phenoxy) is 2. The third-order valence-electron chi connectivity index (χ3n) is 2.94. The lowest BCUT2D eigenvalue weighted by atomic mass is 10.2. The van der Waals surface area contributed by atoms with Crippen molar-refractivity contribution in [3.05, 3.63) is 59.4 Å². The zero-order valence-electron chi connectivity index (χ0n) is 11.8. The molecule has 2 aromatic carbocycles. The first-order valence-corrected chi connectivity index (χ1v) is 8.83. The van der Waals surface area contributed by atoms with Gasteiger partial charge >= 0.3 is 0 Å². The molecule has 2 rings (SSSR count). The Balaban J connectivity index is 2.27. The second kappa shape index (κ2) is 6.98. The third-order valence-corrected chi connectivity index (χ3v) is 3.90. The molecule has 0 spiro atoms. The van der Waals surface area contributed by atoms with E-state index in [1.54, 1.807) is 0 Å². The molecular weight excluding hydrogens is 331 g/mol. The van der Waals surface area contributed by atoms with Crippen molar-refractivity contribution in [1.29, 1.82) is 0 Å². The summed E-state index contributed by atoms with van der Waals surface area (Å²) >= 11 is 0. The largest absolute Gasteiger partial charge is 0.496 e. The summed E-state index contributed by atoms with van der Waals surface area (Å²) in [6, 6.07) is 12.1. The number of halogens is 2. The molecule has 0 aliphatic heterocycles. The van der Waals surface area contributed by atoms with E-state index < -0.39 is 20.6 Å². The number of methoxy groups -OCH3 is 1. The zero-order valence-corrected chi connectivity index (χ0v) is 13.3. The van der Waals surface area contributed by atoms with Crippen LogP contribution in [0.2, 0.25) is 0 Å². The van der Waals surface area contributed by atoms with Crippen LogP contribution in [0.5, 0.6) is 11.5 Å². The predicted molar refractivity (Wildman–Crippen MR) is 82.2 cm³/mol. The van der Waals surface area contributed by atoms with Crippen LogP contribution in [-0.4, -0.2) is 15.5 Å². The monoisotopic (exact) mass is 344 g/mol. The summed E-state index contributed by atoms with van der Waals surface area (Å²) in [4.78, 5) is 0. The third kappa shape index (κ3) is 4.35. The highest BCUT2D eigenvalue weighted by molar-refractivity contribution is 8.13. The van der Waals surface area contributed by atoms with Crippen LogP contribution in [0.1, 0.15) is 11.1 Å². The molecule has 0 fully saturated rings. The molecule has 0 atom stereocenters. The highest BCUT2D eigenvalue weighted by atomic mass is 35.7. The maximum Gasteiger partial charge on any atom is 0.237 e. The van der Waals surface area contributed by atoms with E-state index in [0.29, 0.717) is 0 Å². The van der Waals surface area contributed by atoms with Gasteiger partial charge in [-0.3, -0.25) is 0 Å². The zero-order chi connectivity index (χ0) is 16.2. The van der Waals surface area contributed by atoms with Crippen LogP contribution in [0.15, 0.2) is 42.5 Å². The van der Waals surface area contributed by atoms with E-state index in [9.17, 15) is 12.8 Å². The summed E-state index contributed by atoms with van der Waals surface area (Å²) in [6.07, 6.45) is 0. The second-order valence-corrected chi connectivity index (χ2v) is 7.29. The van der Waals surface area contributed by atoms with Gasteiger partial charge in [-0.2, -0.15) is 0 Å². The summed E-state index contributed by atoms with van der Waals surface area (Å²) in [5.74, 6) is -1.42. The van der Waals surface area contributed by atoms with Crippen molar-refractivity contribution in [2.75, 3.05) is 7.11 Å². The molecule has 0 radical (unpaired) electrons. The molecule has 0 saturated heterocycles. The minimum Gasteiger partial charge on any atom is -0.496 e. The molecular formula is C15H14ClFO4S. The Morgan fingerprint density at radius 1 is 1.09 bits per heavy atom. The van der Waals surface area contributed by atoms with Crippen LogP contribution in [0.3, 0.4) is 0 Å². The van der Waals surface area contributed by atoms with E-state index >= 15 is 0 Å². The average Bonchev–Trinajstić information content (AvgIpc) is 2.48. The standard InChI is InChI=1S/C15H14ClFO4S/c1-20-13-7-8-14(15(17)12(13)10-22(16,18)19)21-9-11-5-3-2-4-6-11/h2-8H,9-10H2,1H3. The van der Waals surface area contributed by atoms with Crippen molar-refractivity contribution in [2.45, 2.75) is 12.4 Å². The van der Waals surface area contributed by atoms with Gasteiger partial charge in [0.15, 0.2) is 11.6 Å². The van der Waals surface area contributed by atoms with E-state index in [1.165, 1.54) is 19.2 Å². The number of hydrogen-bond donors (Lipinski definition) is 0. The summed E-state index contributed by atoms with van der Waals surface area (Å²) in [6.45, 7) is 0.164. The molecule has 0 heterocycles. The van der Waals surface area contributed by atoms with Gasteiger partial charge < -0.3 is 9.47 Å². The summed E-state index contributed by atoms with van der Waals surface area (Å²) in [7, 11) is 2.61. The fourth-order valence-corrected chi connectivity index (χ4v) is 2.87. The molecule has 0 unspecified atom stereocenters. The highest BCUT2D eigenvalue weighted by Gasteiger charge is 2.20. The van der Waals surface area contributed by atoms with Gasteiger partial charge in [0.1, 0.15) is 12.4 Å². The Kier molecular flexibility index (Phi) is 5.26. The Labute approximate surface area is 132 Å².